The summed E-state index contributed by atoms with van der Waals surface area (Å²) in [5.41, 5.74) is -0.302. The summed E-state index contributed by atoms with van der Waals surface area (Å²) in [6, 6.07) is 0.0676. The summed E-state index contributed by atoms with van der Waals surface area (Å²) in [6.45, 7) is 1.77. The number of nitrogens with zero attached hydrogens (tertiary/aromatic N) is 4. The fourth-order valence-corrected chi connectivity index (χ4v) is 3.23. The molecular formula is C17H20F3N5O. The number of halogens is 3. The van der Waals surface area contributed by atoms with E-state index in [9.17, 15) is 18.0 Å². The van der Waals surface area contributed by atoms with E-state index in [2.05, 4.69) is 20.4 Å². The van der Waals surface area contributed by atoms with Gasteiger partial charge < -0.3 is 5.32 Å². The smallest absolute Gasteiger partial charge is 0.308 e. The van der Waals surface area contributed by atoms with Gasteiger partial charge >= 0.3 is 6.18 Å². The summed E-state index contributed by atoms with van der Waals surface area (Å²) in [6.07, 6.45) is 4.16. The van der Waals surface area contributed by atoms with E-state index in [0.29, 0.717) is 18.0 Å². The highest BCUT2D eigenvalue weighted by atomic mass is 19.4. The number of hydrogen-bond acceptors (Lipinski definition) is 4. The minimum Gasteiger partial charge on any atom is -0.308 e. The van der Waals surface area contributed by atoms with Gasteiger partial charge in [0.15, 0.2) is 11.5 Å². The fraction of sp³-hybridized carbons (Fsp3) is 0.529. The number of rotatable bonds is 5. The minimum atomic E-state index is -4.54. The van der Waals surface area contributed by atoms with Crippen molar-refractivity contribution >= 4 is 11.7 Å². The molecule has 2 aromatic rings. The van der Waals surface area contributed by atoms with Crippen molar-refractivity contribution in [3.05, 3.63) is 36.0 Å². The van der Waals surface area contributed by atoms with Gasteiger partial charge in [0.25, 0.3) is 0 Å². The van der Waals surface area contributed by atoms with Gasteiger partial charge in [-0.15, -0.1) is 0 Å². The van der Waals surface area contributed by atoms with Crippen molar-refractivity contribution in [1.82, 2.24) is 19.7 Å². The van der Waals surface area contributed by atoms with Gasteiger partial charge in [-0.05, 0) is 25.3 Å². The summed E-state index contributed by atoms with van der Waals surface area (Å²) in [5, 5.41) is 6.23. The van der Waals surface area contributed by atoms with Crippen LogP contribution >= 0.6 is 0 Å². The van der Waals surface area contributed by atoms with Crippen LogP contribution in [0.4, 0.5) is 19.0 Å². The van der Waals surface area contributed by atoms with Crippen LogP contribution in [0.3, 0.4) is 0 Å². The summed E-state index contributed by atoms with van der Waals surface area (Å²) in [7, 11) is 0. The van der Waals surface area contributed by atoms with E-state index in [4.69, 9.17) is 0 Å². The molecule has 0 saturated heterocycles. The Bertz CT molecular complexity index is 751. The molecule has 1 saturated carbocycles. The second-order valence-electron chi connectivity index (χ2n) is 6.61. The first-order valence-corrected chi connectivity index (χ1v) is 8.55. The van der Waals surface area contributed by atoms with Gasteiger partial charge in [0.1, 0.15) is 6.04 Å². The average molecular weight is 367 g/mol. The van der Waals surface area contributed by atoms with Crippen LogP contribution in [0.2, 0.25) is 0 Å². The highest BCUT2D eigenvalue weighted by Gasteiger charge is 2.35. The first-order valence-electron chi connectivity index (χ1n) is 8.55. The minimum absolute atomic E-state index is 0.264. The predicted molar refractivity (Wildman–Crippen MR) is 88.2 cm³/mol. The zero-order valence-corrected chi connectivity index (χ0v) is 14.3. The Kier molecular flexibility index (Phi) is 5.24. The number of alkyl halides is 3. The second kappa shape index (κ2) is 7.43. The van der Waals surface area contributed by atoms with E-state index in [-0.39, 0.29) is 5.82 Å². The summed E-state index contributed by atoms with van der Waals surface area (Å²) >= 11 is 0. The maximum atomic E-state index is 12.9. The number of carbonyl (C=O) groups is 1. The molecule has 1 aliphatic carbocycles. The van der Waals surface area contributed by atoms with Crippen LogP contribution in [0.5, 0.6) is 0 Å². The van der Waals surface area contributed by atoms with E-state index in [1.165, 1.54) is 18.6 Å². The number of amides is 1. The molecule has 0 bridgehead atoms. The number of aromatic nitrogens is 4. The van der Waals surface area contributed by atoms with Crippen molar-refractivity contribution in [2.24, 2.45) is 5.92 Å². The SMILES string of the molecule is Cc1cnc(NC(=O)C(CC2CCCC2)n2ccc(C(F)(F)F)n2)cn1. The Labute approximate surface area is 148 Å². The molecular weight excluding hydrogens is 347 g/mol. The third-order valence-corrected chi connectivity index (χ3v) is 4.58. The van der Waals surface area contributed by atoms with Crippen LogP contribution in [0.25, 0.3) is 0 Å². The van der Waals surface area contributed by atoms with E-state index in [1.54, 1.807) is 6.92 Å². The molecule has 0 aromatic carbocycles. The summed E-state index contributed by atoms with van der Waals surface area (Å²) < 4.78 is 39.7. The lowest BCUT2D eigenvalue weighted by Gasteiger charge is -2.20. The molecule has 1 amide bonds. The zero-order chi connectivity index (χ0) is 18.7. The fourth-order valence-electron chi connectivity index (χ4n) is 3.23. The Morgan fingerprint density at radius 1 is 1.31 bits per heavy atom. The molecule has 1 atom stereocenters. The maximum absolute atomic E-state index is 12.9. The lowest BCUT2D eigenvalue weighted by Crippen LogP contribution is -2.29. The van der Waals surface area contributed by atoms with E-state index in [0.717, 1.165) is 36.4 Å². The first-order chi connectivity index (χ1) is 12.3. The molecule has 2 aromatic heterocycles. The summed E-state index contributed by atoms with van der Waals surface area (Å²) in [5.74, 6) is 0.125. The number of nitrogens with one attached hydrogen (secondary N) is 1. The molecule has 6 nitrogen and oxygen atoms in total. The monoisotopic (exact) mass is 367 g/mol. The molecule has 0 spiro atoms. The molecule has 1 aliphatic rings. The zero-order valence-electron chi connectivity index (χ0n) is 14.3. The van der Waals surface area contributed by atoms with Crippen LogP contribution in [0.1, 0.15) is 49.5 Å². The van der Waals surface area contributed by atoms with Crippen molar-refractivity contribution in [3.8, 4) is 0 Å². The van der Waals surface area contributed by atoms with Gasteiger partial charge in [0.2, 0.25) is 5.91 Å². The highest BCUT2D eigenvalue weighted by molar-refractivity contribution is 5.92. The molecule has 1 fully saturated rings. The van der Waals surface area contributed by atoms with Crippen molar-refractivity contribution < 1.29 is 18.0 Å². The quantitative estimate of drug-likeness (QED) is 0.873. The third kappa shape index (κ3) is 4.39. The van der Waals surface area contributed by atoms with Crippen LogP contribution < -0.4 is 5.32 Å². The van der Waals surface area contributed by atoms with Crippen molar-refractivity contribution in [2.75, 3.05) is 5.32 Å². The highest BCUT2D eigenvalue weighted by Crippen LogP contribution is 2.33. The first kappa shape index (κ1) is 18.3. The topological polar surface area (TPSA) is 72.7 Å². The largest absolute Gasteiger partial charge is 0.435 e. The normalized spacial score (nSPS) is 16.6. The van der Waals surface area contributed by atoms with Gasteiger partial charge in [0.05, 0.1) is 18.1 Å². The Morgan fingerprint density at radius 3 is 2.62 bits per heavy atom. The van der Waals surface area contributed by atoms with Crippen LogP contribution in [0, 0.1) is 12.8 Å². The van der Waals surface area contributed by atoms with Crippen molar-refractivity contribution in [3.63, 3.8) is 0 Å². The Balaban J connectivity index is 1.81. The lowest BCUT2D eigenvalue weighted by atomic mass is 9.98. The average Bonchev–Trinajstić information content (AvgIpc) is 3.25. The molecule has 0 radical (unpaired) electrons. The van der Waals surface area contributed by atoms with Crippen molar-refractivity contribution in [2.45, 2.75) is 51.2 Å². The Hall–Kier alpha value is -2.45. The number of hydrogen-bond donors (Lipinski definition) is 1. The third-order valence-electron chi connectivity index (χ3n) is 4.58. The summed E-state index contributed by atoms with van der Waals surface area (Å²) in [4.78, 5) is 20.8. The number of anilines is 1. The number of aryl methyl sites for hydroxylation is 1. The molecule has 0 aliphatic heterocycles. The van der Waals surface area contributed by atoms with Gasteiger partial charge in [-0.25, -0.2) is 4.98 Å². The Morgan fingerprint density at radius 2 is 2.04 bits per heavy atom. The molecule has 2 heterocycles. The van der Waals surface area contributed by atoms with E-state index < -0.39 is 23.8 Å². The van der Waals surface area contributed by atoms with Gasteiger partial charge in [-0.3, -0.25) is 14.5 Å². The van der Waals surface area contributed by atoms with E-state index in [1.807, 2.05) is 0 Å². The molecule has 3 rings (SSSR count). The molecule has 1 N–H and O–H groups in total. The van der Waals surface area contributed by atoms with Gasteiger partial charge in [0, 0.05) is 6.20 Å². The standard InChI is InChI=1S/C17H20F3N5O/c1-11-9-22-15(10-21-11)23-16(26)13(8-12-4-2-3-5-12)25-7-6-14(24-25)17(18,19)20/h6-7,9-10,12-13H,2-5,8H2,1H3,(H,22,23,26). The van der Waals surface area contributed by atoms with Gasteiger partial charge in [-0.1, -0.05) is 25.7 Å². The van der Waals surface area contributed by atoms with E-state index >= 15 is 0 Å². The van der Waals surface area contributed by atoms with Gasteiger partial charge in [-0.2, -0.15) is 18.3 Å². The predicted octanol–water partition coefficient (Wildman–Crippen LogP) is 3.76. The molecule has 9 heteroatoms. The lowest BCUT2D eigenvalue weighted by molar-refractivity contribution is -0.142. The maximum Gasteiger partial charge on any atom is 0.435 e. The van der Waals surface area contributed by atoms with Crippen LogP contribution in [-0.4, -0.2) is 25.7 Å². The molecule has 26 heavy (non-hydrogen) atoms. The number of carbonyl (C=O) groups excluding carboxylic acids is 1. The van der Waals surface area contributed by atoms with Crippen LogP contribution in [-0.2, 0) is 11.0 Å². The van der Waals surface area contributed by atoms with Crippen molar-refractivity contribution in [1.29, 1.82) is 0 Å². The van der Waals surface area contributed by atoms with Crippen LogP contribution in [0.15, 0.2) is 24.7 Å². The molecule has 1 unspecified atom stereocenters. The second-order valence-corrected chi connectivity index (χ2v) is 6.61. The molecule has 140 valence electrons.